The summed E-state index contributed by atoms with van der Waals surface area (Å²) in [5, 5.41) is 13.1. The number of aromatic carboxylic acids is 1. The minimum absolute atomic E-state index is 0.0143. The van der Waals surface area contributed by atoms with Crippen LogP contribution < -0.4 is 15.6 Å². The van der Waals surface area contributed by atoms with Crippen molar-refractivity contribution in [1.82, 2.24) is 29.2 Å². The molecule has 4 aromatic rings. The highest BCUT2D eigenvalue weighted by Crippen LogP contribution is 2.28. The molecule has 0 bridgehead atoms. The smallest absolute Gasteiger partial charge is 0.341 e. The van der Waals surface area contributed by atoms with E-state index in [-0.39, 0.29) is 22.8 Å². The number of aryl methyl sites for hydroxylation is 1. The largest absolute Gasteiger partial charge is 0.477 e. The van der Waals surface area contributed by atoms with Crippen molar-refractivity contribution >= 4 is 40.3 Å². The average Bonchev–Trinajstić information content (AvgIpc) is 3.33. The summed E-state index contributed by atoms with van der Waals surface area (Å²) >= 11 is 1.06. The fraction of sp³-hybridized carbons (Fsp3) is 0.261. The first-order valence-corrected chi connectivity index (χ1v) is 11.7. The van der Waals surface area contributed by atoms with Gasteiger partial charge in [0.2, 0.25) is 16.5 Å². The van der Waals surface area contributed by atoms with Crippen LogP contribution in [-0.2, 0) is 11.2 Å². The number of fused-ring (bicyclic) bond motifs is 1. The second-order valence-electron chi connectivity index (χ2n) is 8.27. The van der Waals surface area contributed by atoms with E-state index in [0.29, 0.717) is 48.2 Å². The predicted molar refractivity (Wildman–Crippen MR) is 129 cm³/mol. The molecule has 35 heavy (non-hydrogen) atoms. The number of carboxylic acids is 1. The van der Waals surface area contributed by atoms with E-state index in [1.54, 1.807) is 25.4 Å². The molecule has 0 atom stereocenters. The Hall–Kier alpha value is -4.19. The Kier molecular flexibility index (Phi) is 5.95. The van der Waals surface area contributed by atoms with Crippen molar-refractivity contribution in [2.45, 2.75) is 13.3 Å². The van der Waals surface area contributed by atoms with Crippen molar-refractivity contribution in [2.75, 3.05) is 24.5 Å². The van der Waals surface area contributed by atoms with Gasteiger partial charge in [0.25, 0.3) is 0 Å². The minimum atomic E-state index is -1.32. The van der Waals surface area contributed by atoms with Crippen molar-refractivity contribution in [3.05, 3.63) is 70.0 Å². The monoisotopic (exact) mass is 491 g/mol. The average molecular weight is 492 g/mol. The number of nitrogens with one attached hydrogen (secondary N) is 1. The summed E-state index contributed by atoms with van der Waals surface area (Å²) in [6.07, 6.45) is 6.80. The number of carbonyl (C=O) groups is 2. The summed E-state index contributed by atoms with van der Waals surface area (Å²) in [4.78, 5) is 51.9. The standard InChI is InChI=1S/C23H21N7O4S/c1-13-7-17(29-9-15(10-29)21(32)25-6-4-14-3-2-5-24-8-14)28-20-18(13)19(31)16(22(33)34)11-30(20)23-26-12-27-35-23/h2-3,5,7-8,11-12,15H,4,6,9-10H2,1H3,(H,25,32)(H,33,34). The molecule has 1 fully saturated rings. The highest BCUT2D eigenvalue weighted by atomic mass is 32.1. The van der Waals surface area contributed by atoms with E-state index in [2.05, 4.69) is 24.6 Å². The van der Waals surface area contributed by atoms with Gasteiger partial charge < -0.3 is 15.3 Å². The molecule has 11 nitrogen and oxygen atoms in total. The molecule has 12 heteroatoms. The van der Waals surface area contributed by atoms with Crippen LogP contribution in [-0.4, -0.2) is 60.5 Å². The lowest BCUT2D eigenvalue weighted by atomic mass is 9.98. The molecule has 178 valence electrons. The Labute approximate surface area is 203 Å². The highest BCUT2D eigenvalue weighted by Gasteiger charge is 2.34. The molecule has 1 saturated heterocycles. The quantitative estimate of drug-likeness (QED) is 0.392. The van der Waals surface area contributed by atoms with Gasteiger partial charge in [0.15, 0.2) is 5.65 Å². The molecule has 0 unspecified atom stereocenters. The van der Waals surface area contributed by atoms with Gasteiger partial charge in [-0.15, -0.1) is 0 Å². The van der Waals surface area contributed by atoms with Crippen molar-refractivity contribution < 1.29 is 14.7 Å². The number of aromatic nitrogens is 5. The van der Waals surface area contributed by atoms with Gasteiger partial charge in [-0.2, -0.15) is 4.37 Å². The van der Waals surface area contributed by atoms with Gasteiger partial charge in [0.05, 0.1) is 11.3 Å². The van der Waals surface area contributed by atoms with Gasteiger partial charge in [-0.1, -0.05) is 6.07 Å². The number of hydrogen-bond acceptors (Lipinski definition) is 9. The molecule has 1 aliphatic heterocycles. The summed E-state index contributed by atoms with van der Waals surface area (Å²) < 4.78 is 5.46. The normalized spacial score (nSPS) is 13.6. The molecule has 0 aromatic carbocycles. The number of nitrogens with zero attached hydrogens (tertiary/aromatic N) is 6. The van der Waals surface area contributed by atoms with E-state index in [0.717, 1.165) is 17.1 Å². The van der Waals surface area contributed by atoms with E-state index < -0.39 is 11.4 Å². The number of anilines is 1. The van der Waals surface area contributed by atoms with Gasteiger partial charge in [-0.25, -0.2) is 14.8 Å². The van der Waals surface area contributed by atoms with Crippen LogP contribution in [0.4, 0.5) is 5.82 Å². The number of carbonyl (C=O) groups excluding carboxylic acids is 1. The highest BCUT2D eigenvalue weighted by molar-refractivity contribution is 7.08. The lowest BCUT2D eigenvalue weighted by molar-refractivity contribution is -0.125. The van der Waals surface area contributed by atoms with Crippen LogP contribution in [0.25, 0.3) is 16.2 Å². The van der Waals surface area contributed by atoms with Gasteiger partial charge >= 0.3 is 5.97 Å². The Morgan fingerprint density at radius 3 is 2.83 bits per heavy atom. The summed E-state index contributed by atoms with van der Waals surface area (Å²) in [6, 6.07) is 5.58. The maximum atomic E-state index is 12.9. The van der Waals surface area contributed by atoms with Gasteiger partial charge in [-0.3, -0.25) is 19.1 Å². The predicted octanol–water partition coefficient (Wildman–Crippen LogP) is 1.43. The van der Waals surface area contributed by atoms with E-state index in [4.69, 9.17) is 0 Å². The lowest BCUT2D eigenvalue weighted by Crippen LogP contribution is -2.54. The zero-order valence-corrected chi connectivity index (χ0v) is 19.5. The molecule has 0 spiro atoms. The Morgan fingerprint density at radius 1 is 1.31 bits per heavy atom. The fourth-order valence-electron chi connectivity index (χ4n) is 4.06. The van der Waals surface area contributed by atoms with Crippen LogP contribution in [0.5, 0.6) is 0 Å². The first-order chi connectivity index (χ1) is 16.9. The van der Waals surface area contributed by atoms with Gasteiger partial charge in [0.1, 0.15) is 17.7 Å². The van der Waals surface area contributed by atoms with Crippen LogP contribution in [0.15, 0.2) is 47.9 Å². The van der Waals surface area contributed by atoms with Crippen LogP contribution in [0.3, 0.4) is 0 Å². The lowest BCUT2D eigenvalue weighted by Gasteiger charge is -2.39. The van der Waals surface area contributed by atoms with Crippen molar-refractivity contribution in [1.29, 1.82) is 0 Å². The van der Waals surface area contributed by atoms with Crippen molar-refractivity contribution in [2.24, 2.45) is 5.92 Å². The van der Waals surface area contributed by atoms with Gasteiger partial charge in [0, 0.05) is 49.8 Å². The number of pyridine rings is 3. The molecular weight excluding hydrogens is 470 g/mol. The van der Waals surface area contributed by atoms with E-state index in [9.17, 15) is 19.5 Å². The third kappa shape index (κ3) is 4.35. The maximum absolute atomic E-state index is 12.9. The van der Waals surface area contributed by atoms with Crippen LogP contribution in [0.1, 0.15) is 21.5 Å². The summed E-state index contributed by atoms with van der Waals surface area (Å²) in [5.74, 6) is -0.894. The van der Waals surface area contributed by atoms with Gasteiger partial charge in [-0.05, 0) is 36.6 Å². The maximum Gasteiger partial charge on any atom is 0.341 e. The number of rotatable bonds is 7. The first kappa shape index (κ1) is 22.6. The Morgan fingerprint density at radius 2 is 2.14 bits per heavy atom. The molecule has 5 heterocycles. The number of carboxylic acid groups (broad SMARTS) is 1. The first-order valence-electron chi connectivity index (χ1n) is 10.9. The zero-order valence-electron chi connectivity index (χ0n) is 18.7. The Bertz CT molecular complexity index is 1470. The Balaban J connectivity index is 1.36. The van der Waals surface area contributed by atoms with E-state index >= 15 is 0 Å². The van der Waals surface area contributed by atoms with Crippen LogP contribution in [0.2, 0.25) is 0 Å². The zero-order chi connectivity index (χ0) is 24.5. The van der Waals surface area contributed by atoms with Crippen molar-refractivity contribution in [3.8, 4) is 5.13 Å². The summed E-state index contributed by atoms with van der Waals surface area (Å²) in [5.41, 5.74) is 1.000. The third-order valence-electron chi connectivity index (χ3n) is 5.94. The van der Waals surface area contributed by atoms with E-state index in [1.807, 2.05) is 17.0 Å². The third-order valence-corrected chi connectivity index (χ3v) is 6.61. The topological polar surface area (TPSA) is 143 Å². The molecule has 1 amide bonds. The number of hydrogen-bond donors (Lipinski definition) is 2. The summed E-state index contributed by atoms with van der Waals surface area (Å²) in [7, 11) is 0. The fourth-order valence-corrected chi connectivity index (χ4v) is 4.57. The molecule has 2 N–H and O–H groups in total. The summed E-state index contributed by atoms with van der Waals surface area (Å²) in [6.45, 7) is 3.27. The van der Waals surface area contributed by atoms with E-state index in [1.165, 1.54) is 17.1 Å². The number of amides is 1. The molecule has 0 aliphatic carbocycles. The molecule has 0 saturated carbocycles. The van der Waals surface area contributed by atoms with Crippen molar-refractivity contribution in [3.63, 3.8) is 0 Å². The second kappa shape index (κ2) is 9.22. The molecule has 1 aliphatic rings. The molecular formula is C23H21N7O4S. The minimum Gasteiger partial charge on any atom is -0.477 e. The molecule has 0 radical (unpaired) electrons. The SMILES string of the molecule is Cc1cc(N2CC(C(=O)NCCc3cccnc3)C2)nc2c1c(=O)c(C(=O)O)cn2-c1ncns1. The van der Waals surface area contributed by atoms with Crippen LogP contribution in [0, 0.1) is 12.8 Å². The van der Waals surface area contributed by atoms with Crippen LogP contribution >= 0.6 is 11.5 Å². The second-order valence-corrected chi connectivity index (χ2v) is 9.03. The molecule has 5 rings (SSSR count). The molecule has 4 aromatic heterocycles.